The predicted molar refractivity (Wildman–Crippen MR) is 104 cm³/mol. The van der Waals surface area contributed by atoms with E-state index in [-0.39, 0.29) is 23.9 Å². The van der Waals surface area contributed by atoms with Crippen LogP contribution in [0.2, 0.25) is 0 Å². The Morgan fingerprint density at radius 1 is 0.692 bits per heavy atom. The van der Waals surface area contributed by atoms with Crippen LogP contribution in [0.1, 0.15) is 85.9 Å². The number of amides is 2. The number of benzene rings is 1. The highest BCUT2D eigenvalue weighted by Crippen LogP contribution is 2.25. The SMILES string of the molecule is C[C@@H]1CCCC[C@@H]1NC(=O)c1ccc(C(=O)N[C@H]2CCCC[C@@H]2C)cc1. The second kappa shape index (κ2) is 8.70. The maximum Gasteiger partial charge on any atom is 0.251 e. The molecule has 4 heteroatoms. The lowest BCUT2D eigenvalue weighted by molar-refractivity contribution is 0.0898. The van der Waals surface area contributed by atoms with Gasteiger partial charge in [0.05, 0.1) is 0 Å². The van der Waals surface area contributed by atoms with Crippen LogP contribution >= 0.6 is 0 Å². The lowest BCUT2D eigenvalue weighted by Crippen LogP contribution is -2.41. The van der Waals surface area contributed by atoms with Gasteiger partial charge >= 0.3 is 0 Å². The molecule has 142 valence electrons. The Labute approximate surface area is 157 Å². The second-order valence-electron chi connectivity index (χ2n) is 8.26. The summed E-state index contributed by atoms with van der Waals surface area (Å²) in [5.74, 6) is 1.01. The molecular weight excluding hydrogens is 324 g/mol. The standard InChI is InChI=1S/C22H32N2O2/c1-15-7-3-5-9-19(15)23-21(25)17-11-13-18(14-12-17)22(26)24-20-10-6-4-8-16(20)2/h11-16,19-20H,3-10H2,1-2H3,(H,23,25)(H,24,26)/t15-,16+,19-,20-/m0/s1. The molecule has 2 aliphatic rings. The van der Waals surface area contributed by atoms with Crippen LogP contribution in [0, 0.1) is 11.8 Å². The molecule has 0 spiro atoms. The van der Waals surface area contributed by atoms with Crippen LogP contribution in [0.15, 0.2) is 24.3 Å². The van der Waals surface area contributed by atoms with Crippen molar-refractivity contribution in [1.29, 1.82) is 0 Å². The van der Waals surface area contributed by atoms with E-state index in [4.69, 9.17) is 0 Å². The number of nitrogens with one attached hydrogen (secondary N) is 2. The topological polar surface area (TPSA) is 58.2 Å². The quantitative estimate of drug-likeness (QED) is 0.845. The number of carbonyl (C=O) groups excluding carboxylic acids is 2. The van der Waals surface area contributed by atoms with Crippen LogP contribution in [-0.2, 0) is 0 Å². The van der Waals surface area contributed by atoms with Gasteiger partial charge in [0.1, 0.15) is 0 Å². The lowest BCUT2D eigenvalue weighted by atomic mass is 9.85. The molecule has 0 aliphatic heterocycles. The molecular formula is C22H32N2O2. The van der Waals surface area contributed by atoms with Gasteiger partial charge in [-0.2, -0.15) is 0 Å². The van der Waals surface area contributed by atoms with Crippen molar-refractivity contribution in [3.05, 3.63) is 35.4 Å². The third-order valence-corrected chi connectivity index (χ3v) is 6.27. The molecule has 26 heavy (non-hydrogen) atoms. The minimum Gasteiger partial charge on any atom is -0.349 e. The van der Waals surface area contributed by atoms with Gasteiger partial charge in [-0.05, 0) is 61.8 Å². The summed E-state index contributed by atoms with van der Waals surface area (Å²) in [4.78, 5) is 25.0. The molecule has 3 rings (SSSR count). The summed E-state index contributed by atoms with van der Waals surface area (Å²) in [6.07, 6.45) is 9.39. The van der Waals surface area contributed by atoms with Gasteiger partial charge in [0.25, 0.3) is 11.8 Å². The van der Waals surface area contributed by atoms with E-state index >= 15 is 0 Å². The van der Waals surface area contributed by atoms with Crippen LogP contribution < -0.4 is 10.6 Å². The molecule has 4 atom stereocenters. The summed E-state index contributed by atoms with van der Waals surface area (Å²) >= 11 is 0. The van der Waals surface area contributed by atoms with Crippen molar-refractivity contribution in [2.24, 2.45) is 11.8 Å². The van der Waals surface area contributed by atoms with Gasteiger partial charge in [-0.15, -0.1) is 0 Å². The Bertz CT molecular complexity index is 571. The highest BCUT2D eigenvalue weighted by Gasteiger charge is 2.24. The van der Waals surface area contributed by atoms with E-state index in [1.54, 1.807) is 24.3 Å². The van der Waals surface area contributed by atoms with Crippen LogP contribution in [0.4, 0.5) is 0 Å². The summed E-state index contributed by atoms with van der Waals surface area (Å²) in [5.41, 5.74) is 1.26. The molecule has 1 aromatic rings. The zero-order chi connectivity index (χ0) is 18.5. The number of rotatable bonds is 4. The zero-order valence-corrected chi connectivity index (χ0v) is 16.1. The van der Waals surface area contributed by atoms with Crippen molar-refractivity contribution in [3.63, 3.8) is 0 Å². The van der Waals surface area contributed by atoms with Crippen molar-refractivity contribution >= 4 is 11.8 Å². The third-order valence-electron chi connectivity index (χ3n) is 6.27. The van der Waals surface area contributed by atoms with Crippen LogP contribution in [-0.4, -0.2) is 23.9 Å². The Hall–Kier alpha value is -1.84. The lowest BCUT2D eigenvalue weighted by Gasteiger charge is -2.29. The monoisotopic (exact) mass is 356 g/mol. The van der Waals surface area contributed by atoms with Gasteiger partial charge in [0.2, 0.25) is 0 Å². The van der Waals surface area contributed by atoms with Crippen LogP contribution in [0.3, 0.4) is 0 Å². The van der Waals surface area contributed by atoms with E-state index < -0.39 is 0 Å². The highest BCUT2D eigenvalue weighted by molar-refractivity contribution is 5.98. The molecule has 0 heterocycles. The van der Waals surface area contributed by atoms with Crippen molar-refractivity contribution in [1.82, 2.24) is 10.6 Å². The van der Waals surface area contributed by atoms with E-state index in [0.29, 0.717) is 23.0 Å². The summed E-state index contributed by atoms with van der Waals surface area (Å²) in [6, 6.07) is 7.60. The minimum atomic E-state index is -0.0309. The minimum absolute atomic E-state index is 0.0309. The molecule has 0 unspecified atom stereocenters. The van der Waals surface area contributed by atoms with E-state index in [1.807, 2.05) is 0 Å². The first-order valence-electron chi connectivity index (χ1n) is 10.3. The van der Waals surface area contributed by atoms with Crippen molar-refractivity contribution in [2.45, 2.75) is 77.3 Å². The first kappa shape index (κ1) is 18.9. The molecule has 2 N–H and O–H groups in total. The van der Waals surface area contributed by atoms with Gasteiger partial charge in [-0.1, -0.05) is 39.5 Å². The van der Waals surface area contributed by atoms with E-state index in [9.17, 15) is 9.59 Å². The van der Waals surface area contributed by atoms with Gasteiger partial charge < -0.3 is 10.6 Å². The van der Waals surface area contributed by atoms with E-state index in [0.717, 1.165) is 12.8 Å². The molecule has 2 amide bonds. The molecule has 2 saturated carbocycles. The van der Waals surface area contributed by atoms with Crippen molar-refractivity contribution in [3.8, 4) is 0 Å². The number of carbonyl (C=O) groups is 2. The second-order valence-corrected chi connectivity index (χ2v) is 8.26. The number of hydrogen-bond acceptors (Lipinski definition) is 2. The smallest absolute Gasteiger partial charge is 0.251 e. The largest absolute Gasteiger partial charge is 0.349 e. The van der Waals surface area contributed by atoms with Crippen molar-refractivity contribution < 1.29 is 9.59 Å². The van der Waals surface area contributed by atoms with E-state index in [1.165, 1.54) is 38.5 Å². The van der Waals surface area contributed by atoms with Gasteiger partial charge in [-0.3, -0.25) is 9.59 Å². The van der Waals surface area contributed by atoms with E-state index in [2.05, 4.69) is 24.5 Å². The fourth-order valence-electron chi connectivity index (χ4n) is 4.34. The summed E-state index contributed by atoms with van der Waals surface area (Å²) < 4.78 is 0. The van der Waals surface area contributed by atoms with Gasteiger partial charge in [0.15, 0.2) is 0 Å². The van der Waals surface area contributed by atoms with Crippen LogP contribution in [0.5, 0.6) is 0 Å². The summed E-state index contributed by atoms with van der Waals surface area (Å²) in [6.45, 7) is 4.42. The average molecular weight is 357 g/mol. The average Bonchev–Trinajstić information content (AvgIpc) is 2.65. The number of hydrogen-bond donors (Lipinski definition) is 2. The van der Waals surface area contributed by atoms with Gasteiger partial charge in [0, 0.05) is 23.2 Å². The summed E-state index contributed by atoms with van der Waals surface area (Å²) in [5, 5.41) is 6.33. The molecule has 0 bridgehead atoms. The first-order chi connectivity index (χ1) is 12.5. The maximum atomic E-state index is 12.5. The molecule has 4 nitrogen and oxygen atoms in total. The molecule has 0 aromatic heterocycles. The fraction of sp³-hybridized carbons (Fsp3) is 0.636. The Morgan fingerprint density at radius 3 is 1.38 bits per heavy atom. The molecule has 0 radical (unpaired) electrons. The van der Waals surface area contributed by atoms with Crippen molar-refractivity contribution in [2.75, 3.05) is 0 Å². The molecule has 0 saturated heterocycles. The maximum absolute atomic E-state index is 12.5. The Balaban J connectivity index is 1.57. The predicted octanol–water partition coefficient (Wildman–Crippen LogP) is 4.30. The van der Waals surface area contributed by atoms with Gasteiger partial charge in [-0.25, -0.2) is 0 Å². The Kier molecular flexibility index (Phi) is 6.33. The first-order valence-corrected chi connectivity index (χ1v) is 10.3. The highest BCUT2D eigenvalue weighted by atomic mass is 16.2. The normalized spacial score (nSPS) is 29.0. The zero-order valence-electron chi connectivity index (χ0n) is 16.1. The fourth-order valence-corrected chi connectivity index (χ4v) is 4.34. The summed E-state index contributed by atoms with van der Waals surface area (Å²) in [7, 11) is 0. The Morgan fingerprint density at radius 2 is 1.04 bits per heavy atom. The van der Waals surface area contributed by atoms with Crippen LogP contribution in [0.25, 0.3) is 0 Å². The molecule has 1 aromatic carbocycles. The third kappa shape index (κ3) is 4.66. The molecule has 2 aliphatic carbocycles. The molecule has 2 fully saturated rings.